The van der Waals surface area contributed by atoms with Crippen LogP contribution in [0, 0.1) is 0 Å². The van der Waals surface area contributed by atoms with Crippen LogP contribution in [0.2, 0.25) is 5.02 Å². The van der Waals surface area contributed by atoms with Gasteiger partial charge in [-0.2, -0.15) is 4.31 Å². The van der Waals surface area contributed by atoms with Gasteiger partial charge in [0.05, 0.1) is 0 Å². The second-order valence-electron chi connectivity index (χ2n) is 5.01. The summed E-state index contributed by atoms with van der Waals surface area (Å²) in [4.78, 5) is 3.24. The number of H-pyrrole nitrogens is 1. The van der Waals surface area contributed by atoms with E-state index >= 15 is 0 Å². The molecule has 0 fully saturated rings. The Bertz CT molecular complexity index is 744. The highest BCUT2D eigenvalue weighted by atomic mass is 35.5. The van der Waals surface area contributed by atoms with E-state index in [2.05, 4.69) is 10.3 Å². The van der Waals surface area contributed by atoms with E-state index in [1.807, 2.05) is 38.1 Å². The largest absolute Gasteiger partial charge is 0.272 e. The van der Waals surface area contributed by atoms with E-state index in [1.54, 1.807) is 12.1 Å². The molecule has 0 radical (unpaired) electrons. The van der Waals surface area contributed by atoms with Crippen LogP contribution in [0.4, 0.5) is 5.82 Å². The number of hydrogen-bond acceptors (Lipinski definition) is 3. The van der Waals surface area contributed by atoms with Gasteiger partial charge < -0.3 is 0 Å². The first-order valence-electron chi connectivity index (χ1n) is 7.47. The highest BCUT2D eigenvalue weighted by Gasteiger charge is 2.22. The van der Waals surface area contributed by atoms with Crippen molar-refractivity contribution in [1.29, 1.82) is 0 Å². The van der Waals surface area contributed by atoms with Crippen LogP contribution in [0.5, 0.6) is 0 Å². The Labute approximate surface area is 142 Å². The molecule has 0 saturated heterocycles. The fourth-order valence-electron chi connectivity index (χ4n) is 2.24. The van der Waals surface area contributed by atoms with Crippen molar-refractivity contribution in [3.05, 3.63) is 53.2 Å². The molecule has 0 bridgehead atoms. The zero-order valence-electron chi connectivity index (χ0n) is 13.2. The third-order valence-corrected chi connectivity index (χ3v) is 5.78. The van der Waals surface area contributed by atoms with E-state index in [4.69, 9.17) is 11.6 Å². The highest BCUT2D eigenvalue weighted by molar-refractivity contribution is 7.89. The number of sulfonamides is 1. The summed E-state index contributed by atoms with van der Waals surface area (Å²) in [5.74, 6) is 0.739. The number of nitrogens with one attached hydrogen (secondary N) is 2. The third kappa shape index (κ3) is 4.43. The molecule has 0 aliphatic rings. The summed E-state index contributed by atoms with van der Waals surface area (Å²) >= 11 is 5.95. The number of hydrogen-bond donors (Lipinski definition) is 1. The number of aromatic nitrogens is 1. The van der Waals surface area contributed by atoms with Crippen LogP contribution in [-0.2, 0) is 16.6 Å². The molecule has 0 atom stereocenters. The average Bonchev–Trinajstić information content (AvgIpc) is 2.54. The van der Waals surface area contributed by atoms with Gasteiger partial charge in [0.1, 0.15) is 17.6 Å². The minimum absolute atomic E-state index is 0.259. The summed E-state index contributed by atoms with van der Waals surface area (Å²) in [7, 11) is -3.43. The predicted octanol–water partition coefficient (Wildman–Crippen LogP) is 2.80. The van der Waals surface area contributed by atoms with Crippen molar-refractivity contribution < 1.29 is 13.4 Å². The van der Waals surface area contributed by atoms with Crippen molar-refractivity contribution >= 4 is 27.4 Å². The van der Waals surface area contributed by atoms with Crippen molar-refractivity contribution in [1.82, 2.24) is 4.31 Å². The van der Waals surface area contributed by atoms with Gasteiger partial charge in [0, 0.05) is 24.2 Å². The molecule has 124 valence electrons. The van der Waals surface area contributed by atoms with Gasteiger partial charge in [-0.25, -0.2) is 13.4 Å². The van der Waals surface area contributed by atoms with Crippen LogP contribution >= 0.6 is 11.6 Å². The van der Waals surface area contributed by atoms with E-state index in [-0.39, 0.29) is 4.90 Å². The number of nitrogens with zero attached hydrogens (tertiary/aromatic N) is 1. The van der Waals surface area contributed by atoms with Gasteiger partial charge in [-0.15, -0.1) is 0 Å². The lowest BCUT2D eigenvalue weighted by atomic mass is 10.2. The summed E-state index contributed by atoms with van der Waals surface area (Å²) < 4.78 is 26.2. The number of anilines is 1. The fourth-order valence-corrected chi connectivity index (χ4v) is 3.88. The van der Waals surface area contributed by atoms with Gasteiger partial charge in [-0.05, 0) is 23.8 Å². The van der Waals surface area contributed by atoms with Crippen LogP contribution in [0.3, 0.4) is 0 Å². The molecular weight excluding hydrogens is 334 g/mol. The summed E-state index contributed by atoms with van der Waals surface area (Å²) in [6.07, 6.45) is 1.51. The minimum Gasteiger partial charge on any atom is -0.270 e. The number of rotatable bonds is 7. The molecule has 1 heterocycles. The quantitative estimate of drug-likeness (QED) is 0.831. The van der Waals surface area contributed by atoms with Crippen molar-refractivity contribution in [2.45, 2.75) is 25.3 Å². The average molecular weight is 355 g/mol. The number of benzene rings is 1. The standard InChI is InChI=1S/C16H20ClN3O2S/c1-3-20(4-2)23(21,22)15-8-9-16(19-12-15)18-11-13-6-5-7-14(17)10-13/h5-10,12H,3-4,11H2,1-2H3,(H,18,19)/p+1. The van der Waals surface area contributed by atoms with Gasteiger partial charge in [0.15, 0.2) is 0 Å². The molecule has 1 aromatic carbocycles. The van der Waals surface area contributed by atoms with E-state index in [0.29, 0.717) is 24.7 Å². The second-order valence-corrected chi connectivity index (χ2v) is 7.39. The maximum atomic E-state index is 12.4. The molecule has 23 heavy (non-hydrogen) atoms. The smallest absolute Gasteiger partial charge is 0.270 e. The van der Waals surface area contributed by atoms with Crippen molar-refractivity contribution in [2.75, 3.05) is 18.4 Å². The van der Waals surface area contributed by atoms with Gasteiger partial charge in [-0.1, -0.05) is 37.6 Å². The molecule has 1 aromatic heterocycles. The van der Waals surface area contributed by atoms with Gasteiger partial charge >= 0.3 is 0 Å². The van der Waals surface area contributed by atoms with Crippen molar-refractivity contribution in [3.8, 4) is 0 Å². The first-order chi connectivity index (χ1) is 11.0. The molecular formula is C16H21ClN3O2S+. The van der Waals surface area contributed by atoms with Gasteiger partial charge in [0.25, 0.3) is 5.82 Å². The Kier molecular flexibility index (Phi) is 5.98. The van der Waals surface area contributed by atoms with Crippen LogP contribution in [0.15, 0.2) is 47.5 Å². The van der Waals surface area contributed by atoms with Crippen LogP contribution in [0.25, 0.3) is 0 Å². The molecule has 5 nitrogen and oxygen atoms in total. The lowest BCUT2D eigenvalue weighted by Gasteiger charge is -2.17. The first kappa shape index (κ1) is 17.7. The van der Waals surface area contributed by atoms with E-state index in [1.165, 1.54) is 10.5 Å². The Morgan fingerprint density at radius 2 is 1.91 bits per heavy atom. The van der Waals surface area contributed by atoms with Crippen molar-refractivity contribution in [3.63, 3.8) is 0 Å². The van der Waals surface area contributed by atoms with Gasteiger partial charge in [0.2, 0.25) is 10.0 Å². The molecule has 0 saturated carbocycles. The Morgan fingerprint density at radius 3 is 2.48 bits per heavy atom. The topological polar surface area (TPSA) is 63.6 Å². The Morgan fingerprint density at radius 1 is 1.17 bits per heavy atom. The molecule has 2 aromatic rings. The number of halogens is 1. The van der Waals surface area contributed by atoms with E-state index < -0.39 is 10.0 Å². The Balaban J connectivity index is 2.08. The van der Waals surface area contributed by atoms with Crippen LogP contribution in [0.1, 0.15) is 19.4 Å². The monoisotopic (exact) mass is 354 g/mol. The molecule has 0 unspecified atom stereocenters. The maximum absolute atomic E-state index is 12.4. The number of pyridine rings is 1. The normalized spacial score (nSPS) is 11.7. The highest BCUT2D eigenvalue weighted by Crippen LogP contribution is 2.15. The molecule has 7 heteroatoms. The molecule has 2 rings (SSSR count). The summed E-state index contributed by atoms with van der Waals surface area (Å²) in [5, 5.41) is 3.89. The zero-order chi connectivity index (χ0) is 16.9. The summed E-state index contributed by atoms with van der Waals surface area (Å²) in [6.45, 7) is 5.15. The Hall–Kier alpha value is -1.63. The summed E-state index contributed by atoms with van der Waals surface area (Å²) in [5.41, 5.74) is 1.05. The van der Waals surface area contributed by atoms with Gasteiger partial charge in [-0.3, -0.25) is 5.32 Å². The van der Waals surface area contributed by atoms with Crippen LogP contribution in [-0.4, -0.2) is 25.8 Å². The zero-order valence-corrected chi connectivity index (χ0v) is 14.8. The predicted molar refractivity (Wildman–Crippen MR) is 91.9 cm³/mol. The minimum atomic E-state index is -3.43. The van der Waals surface area contributed by atoms with E-state index in [9.17, 15) is 8.42 Å². The number of aromatic amines is 1. The van der Waals surface area contributed by atoms with E-state index in [0.717, 1.165) is 11.4 Å². The molecule has 2 N–H and O–H groups in total. The van der Waals surface area contributed by atoms with Crippen molar-refractivity contribution in [2.24, 2.45) is 0 Å². The molecule has 0 aliphatic carbocycles. The lowest BCUT2D eigenvalue weighted by molar-refractivity contribution is -0.364. The first-order valence-corrected chi connectivity index (χ1v) is 9.29. The fraction of sp³-hybridized carbons (Fsp3) is 0.312. The lowest BCUT2D eigenvalue weighted by Crippen LogP contribution is -2.31. The molecule has 0 spiro atoms. The molecule has 0 amide bonds. The molecule has 0 aliphatic heterocycles. The SMILES string of the molecule is CCN(CC)S(=O)(=O)c1ccc(NCc2cccc(Cl)c2)[nH+]c1. The third-order valence-electron chi connectivity index (χ3n) is 3.50. The summed E-state index contributed by atoms with van der Waals surface area (Å²) in [6, 6.07) is 10.9. The van der Waals surface area contributed by atoms with Crippen LogP contribution < -0.4 is 10.3 Å². The second kappa shape index (κ2) is 7.77. The maximum Gasteiger partial charge on any atom is 0.272 e.